The van der Waals surface area contributed by atoms with E-state index >= 15 is 0 Å². The van der Waals surface area contributed by atoms with Crippen LogP contribution in [0.3, 0.4) is 0 Å². The molecular formula is C14H26F3NO5S. The number of halogens is 3. The van der Waals surface area contributed by atoms with Crippen molar-refractivity contribution in [2.45, 2.75) is 45.5 Å². The van der Waals surface area contributed by atoms with E-state index in [1.54, 1.807) is 0 Å². The predicted molar refractivity (Wildman–Crippen MR) is 82.6 cm³/mol. The Balaban J connectivity index is 0. The minimum atomic E-state index is -6.09. The fourth-order valence-corrected chi connectivity index (χ4v) is 2.21. The van der Waals surface area contributed by atoms with Crippen molar-refractivity contribution in [1.29, 1.82) is 0 Å². The van der Waals surface area contributed by atoms with Crippen molar-refractivity contribution in [3.8, 4) is 0 Å². The van der Waals surface area contributed by atoms with Crippen molar-refractivity contribution < 1.29 is 40.2 Å². The summed E-state index contributed by atoms with van der Waals surface area (Å²) in [5.41, 5.74) is -5.65. The maximum Gasteiger partial charge on any atom is 0.485 e. The Kier molecular flexibility index (Phi) is 12.0. The lowest BCUT2D eigenvalue weighted by molar-refractivity contribution is -0.943. The largest absolute Gasteiger partial charge is 0.741 e. The van der Waals surface area contributed by atoms with Gasteiger partial charge in [-0.05, 0) is 19.3 Å². The normalized spacial score (nSPS) is 12.1. The van der Waals surface area contributed by atoms with Gasteiger partial charge in [-0.25, -0.2) is 13.2 Å². The van der Waals surface area contributed by atoms with Gasteiger partial charge in [0.05, 0.1) is 19.6 Å². The van der Waals surface area contributed by atoms with Gasteiger partial charge in [0, 0.05) is 6.08 Å². The van der Waals surface area contributed by atoms with Crippen LogP contribution in [-0.2, 0) is 19.6 Å². The molecule has 0 aliphatic rings. The minimum Gasteiger partial charge on any atom is -0.741 e. The molecule has 0 heterocycles. The van der Waals surface area contributed by atoms with E-state index < -0.39 is 15.6 Å². The summed E-state index contributed by atoms with van der Waals surface area (Å²) in [5.74, 6) is -0.314. The van der Waals surface area contributed by atoms with Crippen LogP contribution in [0.5, 0.6) is 0 Å². The number of carbonyl (C=O) groups excluding carboxylic acids is 1. The standard InChI is InChI=1S/C13H26NO2.CHF3O3S/c1-5-9-14(10-6-2,11-7-3)12-16-13(15)8-4;2-1(3,4)8(5,6)7/h8H,4-7,9-12H2,1-3H3;(H,5,6,7)/q+1;/p-1. The molecule has 0 radical (unpaired) electrons. The summed E-state index contributed by atoms with van der Waals surface area (Å²) in [5, 5.41) is 0. The number of ether oxygens (including phenoxy) is 1. The van der Waals surface area contributed by atoms with Crippen LogP contribution >= 0.6 is 0 Å². The molecule has 0 aliphatic heterocycles. The van der Waals surface area contributed by atoms with E-state index in [4.69, 9.17) is 17.7 Å². The van der Waals surface area contributed by atoms with Gasteiger partial charge in [0.25, 0.3) is 0 Å². The Bertz CT molecular complexity index is 460. The van der Waals surface area contributed by atoms with Gasteiger partial charge in [-0.3, -0.25) is 4.48 Å². The van der Waals surface area contributed by atoms with Gasteiger partial charge >= 0.3 is 11.5 Å². The molecule has 10 heteroatoms. The summed E-state index contributed by atoms with van der Waals surface area (Å²) in [6.45, 7) is 13.7. The van der Waals surface area contributed by atoms with Gasteiger partial charge < -0.3 is 9.29 Å². The summed E-state index contributed by atoms with van der Waals surface area (Å²) < 4.78 is 65.0. The van der Waals surface area contributed by atoms with Crippen LogP contribution in [-0.4, -0.2) is 55.3 Å². The van der Waals surface area contributed by atoms with E-state index in [1.807, 2.05) is 0 Å². The lowest BCUT2D eigenvalue weighted by atomic mass is 10.2. The third-order valence-corrected chi connectivity index (χ3v) is 3.59. The van der Waals surface area contributed by atoms with Gasteiger partial charge in [0.15, 0.2) is 10.1 Å². The van der Waals surface area contributed by atoms with Crippen LogP contribution in [0, 0.1) is 0 Å². The maximum absolute atomic E-state index is 11.1. The predicted octanol–water partition coefficient (Wildman–Crippen LogP) is 2.77. The van der Waals surface area contributed by atoms with Crippen molar-refractivity contribution >= 4 is 16.1 Å². The van der Waals surface area contributed by atoms with E-state index in [2.05, 4.69) is 27.4 Å². The van der Waals surface area contributed by atoms with E-state index in [-0.39, 0.29) is 5.97 Å². The number of hydrogen-bond donors (Lipinski definition) is 0. The number of rotatable bonds is 9. The molecule has 0 rings (SSSR count). The Hall–Kier alpha value is -1.13. The molecule has 0 fully saturated rings. The molecule has 0 N–H and O–H groups in total. The Morgan fingerprint density at radius 1 is 1.12 bits per heavy atom. The molecule has 6 nitrogen and oxygen atoms in total. The first kappa shape index (κ1) is 25.1. The van der Waals surface area contributed by atoms with Crippen molar-refractivity contribution in [3.05, 3.63) is 12.7 Å². The van der Waals surface area contributed by atoms with Crippen molar-refractivity contribution in [3.63, 3.8) is 0 Å². The average molecular weight is 377 g/mol. The summed E-state index contributed by atoms with van der Waals surface area (Å²) >= 11 is 0. The van der Waals surface area contributed by atoms with Crippen LogP contribution in [0.1, 0.15) is 40.0 Å². The Labute approximate surface area is 141 Å². The Morgan fingerprint density at radius 3 is 1.67 bits per heavy atom. The molecule has 0 saturated heterocycles. The summed E-state index contributed by atoms with van der Waals surface area (Å²) in [7, 11) is -6.09. The molecular weight excluding hydrogens is 351 g/mol. The van der Waals surface area contributed by atoms with Gasteiger partial charge in [-0.2, -0.15) is 13.2 Å². The zero-order valence-corrected chi connectivity index (χ0v) is 15.1. The summed E-state index contributed by atoms with van der Waals surface area (Å²) in [6.07, 6.45) is 4.58. The molecule has 0 aliphatic carbocycles. The third kappa shape index (κ3) is 10.6. The van der Waals surface area contributed by atoms with Crippen LogP contribution in [0.4, 0.5) is 13.2 Å². The molecule has 0 aromatic carbocycles. The third-order valence-electron chi connectivity index (χ3n) is 3.02. The number of quaternary nitrogens is 1. The van der Waals surface area contributed by atoms with E-state index in [0.29, 0.717) is 6.73 Å². The molecule has 0 aromatic heterocycles. The lowest BCUT2D eigenvalue weighted by Gasteiger charge is -2.37. The van der Waals surface area contributed by atoms with E-state index in [9.17, 15) is 18.0 Å². The summed E-state index contributed by atoms with van der Waals surface area (Å²) in [4.78, 5) is 11.1. The van der Waals surface area contributed by atoms with Crippen molar-refractivity contribution in [1.82, 2.24) is 0 Å². The molecule has 0 unspecified atom stereocenters. The Morgan fingerprint density at radius 2 is 1.46 bits per heavy atom. The zero-order valence-electron chi connectivity index (χ0n) is 14.3. The van der Waals surface area contributed by atoms with Crippen LogP contribution < -0.4 is 0 Å². The highest BCUT2D eigenvalue weighted by molar-refractivity contribution is 7.86. The molecule has 0 saturated carbocycles. The second kappa shape index (κ2) is 11.4. The zero-order chi connectivity index (χ0) is 19.4. The number of hydrogen-bond acceptors (Lipinski definition) is 5. The average Bonchev–Trinajstić information content (AvgIpc) is 2.44. The molecule has 0 atom stereocenters. The van der Waals surface area contributed by atoms with Crippen LogP contribution in [0.2, 0.25) is 0 Å². The molecule has 144 valence electrons. The molecule has 0 amide bonds. The first-order valence-electron chi connectivity index (χ1n) is 7.55. The first-order chi connectivity index (χ1) is 10.9. The number of carbonyl (C=O) groups is 1. The van der Waals surface area contributed by atoms with E-state index in [0.717, 1.165) is 43.4 Å². The van der Waals surface area contributed by atoms with Gasteiger partial charge in [-0.15, -0.1) is 0 Å². The van der Waals surface area contributed by atoms with Crippen LogP contribution in [0.25, 0.3) is 0 Å². The maximum atomic E-state index is 11.1. The topological polar surface area (TPSA) is 83.5 Å². The smallest absolute Gasteiger partial charge is 0.485 e. The molecule has 24 heavy (non-hydrogen) atoms. The van der Waals surface area contributed by atoms with Crippen molar-refractivity contribution in [2.75, 3.05) is 26.4 Å². The minimum absolute atomic E-state index is 0.314. The highest BCUT2D eigenvalue weighted by Crippen LogP contribution is 2.20. The van der Waals surface area contributed by atoms with Gasteiger partial charge in [0.2, 0.25) is 6.73 Å². The number of alkyl halides is 3. The number of esters is 1. The fraction of sp³-hybridized carbons (Fsp3) is 0.786. The fourth-order valence-electron chi connectivity index (χ4n) is 2.21. The second-order valence-corrected chi connectivity index (χ2v) is 6.58. The quantitative estimate of drug-likeness (QED) is 0.154. The number of nitrogens with zero attached hydrogens (tertiary/aromatic N) is 1. The van der Waals surface area contributed by atoms with Crippen LogP contribution in [0.15, 0.2) is 12.7 Å². The van der Waals surface area contributed by atoms with Gasteiger partial charge in [-0.1, -0.05) is 27.4 Å². The van der Waals surface area contributed by atoms with E-state index in [1.165, 1.54) is 6.08 Å². The first-order valence-corrected chi connectivity index (χ1v) is 8.96. The SMILES string of the molecule is C=CC(=O)OC[N+](CCC)(CCC)CCC.O=S(=O)([O-])C(F)(F)F. The lowest BCUT2D eigenvalue weighted by Crippen LogP contribution is -2.51. The monoisotopic (exact) mass is 377 g/mol. The highest BCUT2D eigenvalue weighted by Gasteiger charge is 2.36. The molecule has 0 aromatic rings. The molecule has 0 bridgehead atoms. The second-order valence-electron chi connectivity index (χ2n) is 5.21. The molecule has 0 spiro atoms. The van der Waals surface area contributed by atoms with Gasteiger partial charge in [0.1, 0.15) is 0 Å². The summed E-state index contributed by atoms with van der Waals surface area (Å²) in [6, 6.07) is 0. The highest BCUT2D eigenvalue weighted by atomic mass is 32.2. The van der Waals surface area contributed by atoms with Crippen molar-refractivity contribution in [2.24, 2.45) is 0 Å².